The molecule has 2 nitrogen and oxygen atoms in total. The molecule has 0 heterocycles. The number of para-hydroxylation sites is 1. The fraction of sp³-hybridized carbons (Fsp3) is 0.0909. The minimum absolute atomic E-state index is 1.12. The highest BCUT2D eigenvalue weighted by molar-refractivity contribution is 5.81. The Labute approximate surface area is 208 Å². The van der Waals surface area contributed by atoms with Crippen LogP contribution in [0.1, 0.15) is 16.7 Å². The Kier molecular flexibility index (Phi) is 6.36. The van der Waals surface area contributed by atoms with E-state index in [0.29, 0.717) is 0 Å². The zero-order valence-electron chi connectivity index (χ0n) is 20.5. The average molecular weight is 455 g/mol. The predicted octanol–water partition coefficient (Wildman–Crippen LogP) is 9.55. The van der Waals surface area contributed by atoms with Crippen LogP contribution in [-0.2, 0) is 0 Å². The van der Waals surface area contributed by atoms with E-state index in [1.54, 1.807) is 0 Å². The Balaban J connectivity index is 1.57. The molecule has 172 valence electrons. The van der Waals surface area contributed by atoms with Crippen LogP contribution < -0.4 is 9.80 Å². The SMILES string of the molecule is Cc1ccc(N(c2ccccc2)c2ccc(N(c3ccc(C)cc3)c3ccc(C)cc3)cc2)cc1. The summed E-state index contributed by atoms with van der Waals surface area (Å²) in [6, 6.07) is 45.5. The highest BCUT2D eigenvalue weighted by Gasteiger charge is 2.15. The maximum atomic E-state index is 2.31. The van der Waals surface area contributed by atoms with E-state index in [-0.39, 0.29) is 0 Å². The van der Waals surface area contributed by atoms with Crippen molar-refractivity contribution in [2.24, 2.45) is 0 Å². The summed E-state index contributed by atoms with van der Waals surface area (Å²) in [7, 11) is 0. The largest absolute Gasteiger partial charge is 0.311 e. The topological polar surface area (TPSA) is 6.48 Å². The first kappa shape index (κ1) is 22.5. The summed E-state index contributed by atoms with van der Waals surface area (Å²) in [6.07, 6.45) is 0. The van der Waals surface area contributed by atoms with Crippen molar-refractivity contribution < 1.29 is 0 Å². The van der Waals surface area contributed by atoms with Crippen LogP contribution in [0.25, 0.3) is 0 Å². The molecule has 0 aromatic heterocycles. The van der Waals surface area contributed by atoms with E-state index in [1.807, 2.05) is 0 Å². The summed E-state index contributed by atoms with van der Waals surface area (Å²) in [5, 5.41) is 0. The number of benzene rings is 5. The zero-order valence-corrected chi connectivity index (χ0v) is 20.5. The third kappa shape index (κ3) is 4.97. The van der Waals surface area contributed by atoms with E-state index in [9.17, 15) is 0 Å². The first-order valence-corrected chi connectivity index (χ1v) is 12.0. The molecule has 0 unspecified atom stereocenters. The van der Waals surface area contributed by atoms with Gasteiger partial charge in [0.15, 0.2) is 0 Å². The Bertz CT molecular complexity index is 1320. The first-order valence-electron chi connectivity index (χ1n) is 12.0. The van der Waals surface area contributed by atoms with E-state index >= 15 is 0 Å². The molecule has 35 heavy (non-hydrogen) atoms. The lowest BCUT2D eigenvalue weighted by Gasteiger charge is -2.28. The smallest absolute Gasteiger partial charge is 0.0463 e. The van der Waals surface area contributed by atoms with Crippen molar-refractivity contribution in [2.45, 2.75) is 20.8 Å². The van der Waals surface area contributed by atoms with Crippen LogP contribution in [0.3, 0.4) is 0 Å². The Hall–Kier alpha value is -4.30. The van der Waals surface area contributed by atoms with Gasteiger partial charge in [-0.15, -0.1) is 0 Å². The number of hydrogen-bond acceptors (Lipinski definition) is 2. The van der Waals surface area contributed by atoms with Crippen LogP contribution in [0, 0.1) is 20.8 Å². The molecule has 0 bridgehead atoms. The molecule has 5 aromatic rings. The van der Waals surface area contributed by atoms with Crippen LogP contribution >= 0.6 is 0 Å². The molecule has 0 spiro atoms. The molecule has 0 atom stereocenters. The summed E-state index contributed by atoms with van der Waals surface area (Å²) < 4.78 is 0. The van der Waals surface area contributed by atoms with Crippen LogP contribution in [0.2, 0.25) is 0 Å². The number of anilines is 6. The van der Waals surface area contributed by atoms with Crippen molar-refractivity contribution in [3.05, 3.63) is 144 Å². The lowest BCUT2D eigenvalue weighted by atomic mass is 10.1. The van der Waals surface area contributed by atoms with Crippen LogP contribution in [0.15, 0.2) is 127 Å². The summed E-state index contributed by atoms with van der Waals surface area (Å²) in [6.45, 7) is 6.37. The highest BCUT2D eigenvalue weighted by Crippen LogP contribution is 2.39. The van der Waals surface area contributed by atoms with Crippen molar-refractivity contribution in [3.8, 4) is 0 Å². The van der Waals surface area contributed by atoms with Gasteiger partial charge in [-0.05, 0) is 93.6 Å². The summed E-state index contributed by atoms with van der Waals surface area (Å²) >= 11 is 0. The van der Waals surface area contributed by atoms with Crippen LogP contribution in [-0.4, -0.2) is 0 Å². The molecule has 5 rings (SSSR count). The molecule has 0 saturated heterocycles. The van der Waals surface area contributed by atoms with Gasteiger partial charge in [-0.25, -0.2) is 0 Å². The third-order valence-corrected chi connectivity index (χ3v) is 6.26. The van der Waals surface area contributed by atoms with E-state index < -0.39 is 0 Å². The molecule has 0 N–H and O–H groups in total. The van der Waals surface area contributed by atoms with Gasteiger partial charge in [0.1, 0.15) is 0 Å². The van der Waals surface area contributed by atoms with Crippen molar-refractivity contribution >= 4 is 34.1 Å². The maximum Gasteiger partial charge on any atom is 0.0463 e. The number of nitrogens with zero attached hydrogens (tertiary/aromatic N) is 2. The molecule has 0 aliphatic carbocycles. The van der Waals surface area contributed by atoms with Gasteiger partial charge < -0.3 is 9.80 Å². The van der Waals surface area contributed by atoms with Gasteiger partial charge in [-0.2, -0.15) is 0 Å². The molecule has 0 saturated carbocycles. The molecular formula is C33H30N2. The minimum Gasteiger partial charge on any atom is -0.311 e. The van der Waals surface area contributed by atoms with Crippen LogP contribution in [0.4, 0.5) is 34.1 Å². The van der Waals surface area contributed by atoms with E-state index in [2.05, 4.69) is 158 Å². The Morgan fingerprint density at radius 2 is 0.514 bits per heavy atom. The monoisotopic (exact) mass is 454 g/mol. The molecule has 0 fully saturated rings. The maximum absolute atomic E-state index is 2.31. The summed E-state index contributed by atoms with van der Waals surface area (Å²) in [5.74, 6) is 0. The molecular weight excluding hydrogens is 424 g/mol. The van der Waals surface area contributed by atoms with Crippen molar-refractivity contribution in [3.63, 3.8) is 0 Å². The van der Waals surface area contributed by atoms with Crippen LogP contribution in [0.5, 0.6) is 0 Å². The molecule has 0 amide bonds. The predicted molar refractivity (Wildman–Crippen MR) is 150 cm³/mol. The highest BCUT2D eigenvalue weighted by atomic mass is 15.2. The van der Waals surface area contributed by atoms with Gasteiger partial charge >= 0.3 is 0 Å². The van der Waals surface area contributed by atoms with Crippen molar-refractivity contribution in [1.82, 2.24) is 0 Å². The third-order valence-electron chi connectivity index (χ3n) is 6.26. The summed E-state index contributed by atoms with van der Waals surface area (Å²) in [4.78, 5) is 4.60. The second kappa shape index (κ2) is 9.90. The second-order valence-corrected chi connectivity index (χ2v) is 9.03. The fourth-order valence-electron chi connectivity index (χ4n) is 4.30. The van der Waals surface area contributed by atoms with Crippen molar-refractivity contribution in [1.29, 1.82) is 0 Å². The molecule has 5 aromatic carbocycles. The number of hydrogen-bond donors (Lipinski definition) is 0. The molecule has 2 heteroatoms. The molecule has 0 radical (unpaired) electrons. The number of rotatable bonds is 6. The van der Waals surface area contributed by atoms with E-state index in [0.717, 1.165) is 34.1 Å². The second-order valence-electron chi connectivity index (χ2n) is 9.03. The summed E-state index contributed by atoms with van der Waals surface area (Å²) in [5.41, 5.74) is 10.6. The molecule has 0 aliphatic rings. The normalized spacial score (nSPS) is 10.7. The van der Waals surface area contributed by atoms with Gasteiger partial charge in [0.25, 0.3) is 0 Å². The Morgan fingerprint density at radius 3 is 0.800 bits per heavy atom. The van der Waals surface area contributed by atoms with Gasteiger partial charge in [0, 0.05) is 34.1 Å². The lowest BCUT2D eigenvalue weighted by molar-refractivity contribution is 1.25. The fourth-order valence-corrected chi connectivity index (χ4v) is 4.30. The minimum atomic E-state index is 1.12. The first-order chi connectivity index (χ1) is 17.1. The molecule has 0 aliphatic heterocycles. The Morgan fingerprint density at radius 1 is 0.286 bits per heavy atom. The quantitative estimate of drug-likeness (QED) is 0.252. The number of aryl methyl sites for hydroxylation is 3. The van der Waals surface area contributed by atoms with Gasteiger partial charge in [0.05, 0.1) is 0 Å². The van der Waals surface area contributed by atoms with Crippen molar-refractivity contribution in [2.75, 3.05) is 9.80 Å². The lowest BCUT2D eigenvalue weighted by Crippen LogP contribution is -2.12. The average Bonchev–Trinajstić information content (AvgIpc) is 2.89. The van der Waals surface area contributed by atoms with Gasteiger partial charge in [-0.3, -0.25) is 0 Å². The van der Waals surface area contributed by atoms with E-state index in [4.69, 9.17) is 0 Å². The zero-order chi connectivity index (χ0) is 24.2. The van der Waals surface area contributed by atoms with E-state index in [1.165, 1.54) is 16.7 Å². The van der Waals surface area contributed by atoms with Gasteiger partial charge in [-0.1, -0.05) is 71.3 Å². The van der Waals surface area contributed by atoms with Gasteiger partial charge in [0.2, 0.25) is 0 Å². The standard InChI is InChI=1S/C33H30N2/c1-25-9-15-29(16-10-25)34(28-7-5-4-6-8-28)32-21-23-33(24-22-32)35(30-17-11-26(2)12-18-30)31-19-13-27(3)14-20-31/h4-24H,1-3H3.